The van der Waals surface area contributed by atoms with E-state index in [9.17, 15) is 13.2 Å². The van der Waals surface area contributed by atoms with Crippen molar-refractivity contribution in [1.29, 1.82) is 0 Å². The summed E-state index contributed by atoms with van der Waals surface area (Å²) in [5.74, 6) is 1.89. The molecule has 0 aromatic carbocycles. The lowest BCUT2D eigenvalue weighted by Gasteiger charge is -2.32. The second-order valence-corrected chi connectivity index (χ2v) is 12.1. The third-order valence-electron chi connectivity index (χ3n) is 8.07. The van der Waals surface area contributed by atoms with Gasteiger partial charge in [-0.2, -0.15) is 23.4 Å². The van der Waals surface area contributed by atoms with Crippen molar-refractivity contribution in [3.05, 3.63) is 42.6 Å². The van der Waals surface area contributed by atoms with Gasteiger partial charge in [0.1, 0.15) is 11.4 Å². The standard InChI is InChI=1S/C28H31F3N6O2S/c29-28(30,31)17-35-9-4-21(5-10-35)36-15-19(14-33-36)25-13-22-27(40-25)23(3-8-32-22)39-24-16-37(20-1-2-20)34-26(24)18-6-11-38-12-7-18/h3,8,13-16,18,20-21H,1-2,4-7,9-12,17H2. The summed E-state index contributed by atoms with van der Waals surface area (Å²) < 4.78 is 55.3. The van der Waals surface area contributed by atoms with E-state index in [4.69, 9.17) is 14.6 Å². The van der Waals surface area contributed by atoms with Crippen molar-refractivity contribution in [2.45, 2.75) is 62.7 Å². The van der Waals surface area contributed by atoms with Gasteiger partial charge < -0.3 is 9.47 Å². The second kappa shape index (κ2) is 10.5. The van der Waals surface area contributed by atoms with Gasteiger partial charge in [0.2, 0.25) is 0 Å². The fourth-order valence-corrected chi connectivity index (χ4v) is 6.80. The van der Waals surface area contributed by atoms with Crippen molar-refractivity contribution >= 4 is 21.6 Å². The fourth-order valence-electron chi connectivity index (χ4n) is 5.76. The molecule has 0 unspecified atom stereocenters. The first kappa shape index (κ1) is 26.0. The van der Waals surface area contributed by atoms with E-state index in [0.717, 1.165) is 76.7 Å². The predicted octanol–water partition coefficient (Wildman–Crippen LogP) is 6.58. The van der Waals surface area contributed by atoms with Crippen LogP contribution in [0.3, 0.4) is 0 Å². The molecule has 1 aliphatic carbocycles. The molecule has 0 N–H and O–H groups in total. The maximum absolute atomic E-state index is 12.7. The molecule has 2 saturated heterocycles. The summed E-state index contributed by atoms with van der Waals surface area (Å²) in [7, 11) is 0. The van der Waals surface area contributed by atoms with Crippen LogP contribution in [0.1, 0.15) is 62.2 Å². The van der Waals surface area contributed by atoms with Crippen LogP contribution in [0.2, 0.25) is 0 Å². The van der Waals surface area contributed by atoms with Crippen molar-refractivity contribution in [3.63, 3.8) is 0 Å². The maximum Gasteiger partial charge on any atom is 0.401 e. The number of piperidine rings is 1. The van der Waals surface area contributed by atoms with E-state index in [1.807, 2.05) is 35.4 Å². The molecule has 212 valence electrons. The van der Waals surface area contributed by atoms with Crippen LogP contribution in [-0.2, 0) is 4.74 Å². The van der Waals surface area contributed by atoms with E-state index < -0.39 is 12.7 Å². The molecule has 0 bridgehead atoms. The summed E-state index contributed by atoms with van der Waals surface area (Å²) in [6.45, 7) is 1.48. The van der Waals surface area contributed by atoms with Crippen LogP contribution in [0.4, 0.5) is 13.2 Å². The lowest BCUT2D eigenvalue weighted by atomic mass is 9.96. The average molecular weight is 573 g/mol. The number of thiophene rings is 1. The average Bonchev–Trinajstić information content (AvgIpc) is 3.33. The van der Waals surface area contributed by atoms with E-state index in [1.54, 1.807) is 17.5 Å². The third kappa shape index (κ3) is 5.48. The van der Waals surface area contributed by atoms with Crippen LogP contribution in [-0.4, -0.2) is 68.5 Å². The molecule has 3 aliphatic rings. The summed E-state index contributed by atoms with van der Waals surface area (Å²) in [4.78, 5) is 7.09. The molecule has 4 aromatic heterocycles. The van der Waals surface area contributed by atoms with Crippen LogP contribution < -0.4 is 4.74 Å². The molecule has 1 saturated carbocycles. The number of hydrogen-bond acceptors (Lipinski definition) is 7. The number of pyridine rings is 1. The van der Waals surface area contributed by atoms with E-state index in [-0.39, 0.29) is 6.04 Å². The Labute approximate surface area is 233 Å². The van der Waals surface area contributed by atoms with Gasteiger partial charge in [-0.15, -0.1) is 11.3 Å². The van der Waals surface area contributed by atoms with Gasteiger partial charge in [-0.05, 0) is 44.6 Å². The molecule has 12 heteroatoms. The van der Waals surface area contributed by atoms with Crippen LogP contribution in [0, 0.1) is 0 Å². The Kier molecular flexibility index (Phi) is 6.79. The number of likely N-dealkylation sites (tertiary alicyclic amines) is 1. The number of nitrogens with zero attached hydrogens (tertiary/aromatic N) is 6. The van der Waals surface area contributed by atoms with Gasteiger partial charge in [0.05, 0.1) is 41.2 Å². The summed E-state index contributed by atoms with van der Waals surface area (Å²) >= 11 is 1.61. The Morgan fingerprint density at radius 2 is 1.75 bits per heavy atom. The Hall–Kier alpha value is -2.96. The molecule has 0 amide bonds. The monoisotopic (exact) mass is 572 g/mol. The molecule has 8 nitrogen and oxygen atoms in total. The molecule has 0 radical (unpaired) electrons. The second-order valence-electron chi connectivity index (χ2n) is 11.0. The Balaban J connectivity index is 1.11. The van der Waals surface area contributed by atoms with Gasteiger partial charge in [-0.1, -0.05) is 0 Å². The first-order chi connectivity index (χ1) is 19.4. The maximum atomic E-state index is 12.7. The molecule has 0 spiro atoms. The molecule has 0 atom stereocenters. The highest BCUT2D eigenvalue weighted by molar-refractivity contribution is 7.22. The molecule has 2 aliphatic heterocycles. The fraction of sp³-hybridized carbons (Fsp3) is 0.536. The minimum Gasteiger partial charge on any atom is -0.452 e. The van der Waals surface area contributed by atoms with E-state index in [1.165, 1.54) is 4.90 Å². The van der Waals surface area contributed by atoms with Gasteiger partial charge in [0.25, 0.3) is 0 Å². The van der Waals surface area contributed by atoms with Crippen molar-refractivity contribution in [2.75, 3.05) is 32.8 Å². The zero-order valence-corrected chi connectivity index (χ0v) is 22.8. The van der Waals surface area contributed by atoms with Gasteiger partial charge in [-0.3, -0.25) is 19.2 Å². The SMILES string of the molecule is FC(F)(F)CN1CCC(n2cc(-c3cc4nccc(Oc5cn(C6CC6)nc5C5CCOCC5)c4s3)cn2)CC1. The van der Waals surface area contributed by atoms with Crippen LogP contribution in [0.15, 0.2) is 36.9 Å². The summed E-state index contributed by atoms with van der Waals surface area (Å²) in [5.41, 5.74) is 2.84. The number of ether oxygens (including phenoxy) is 2. The molecule has 4 aromatic rings. The van der Waals surface area contributed by atoms with Crippen molar-refractivity contribution in [1.82, 2.24) is 29.4 Å². The minimum absolute atomic E-state index is 0.0937. The smallest absolute Gasteiger partial charge is 0.401 e. The molecule has 7 rings (SSSR count). The van der Waals surface area contributed by atoms with Gasteiger partial charge in [-0.25, -0.2) is 0 Å². The topological polar surface area (TPSA) is 70.2 Å². The highest BCUT2D eigenvalue weighted by atomic mass is 32.1. The Morgan fingerprint density at radius 1 is 0.975 bits per heavy atom. The lowest BCUT2D eigenvalue weighted by molar-refractivity contribution is -0.148. The zero-order valence-electron chi connectivity index (χ0n) is 22.0. The van der Waals surface area contributed by atoms with Crippen LogP contribution >= 0.6 is 11.3 Å². The summed E-state index contributed by atoms with van der Waals surface area (Å²) in [5, 5.41) is 9.52. The Morgan fingerprint density at radius 3 is 2.50 bits per heavy atom. The third-order valence-corrected chi connectivity index (χ3v) is 9.26. The number of aromatic nitrogens is 5. The van der Waals surface area contributed by atoms with E-state index in [2.05, 4.69) is 14.8 Å². The number of alkyl halides is 3. The first-order valence-corrected chi connectivity index (χ1v) is 14.8. The van der Waals surface area contributed by atoms with Gasteiger partial charge in [0, 0.05) is 61.1 Å². The number of halogens is 3. The molecule has 40 heavy (non-hydrogen) atoms. The number of hydrogen-bond donors (Lipinski definition) is 0. The van der Waals surface area contributed by atoms with E-state index in [0.29, 0.717) is 37.9 Å². The Bertz CT molecular complexity index is 1480. The van der Waals surface area contributed by atoms with Crippen LogP contribution in [0.5, 0.6) is 11.5 Å². The zero-order chi connectivity index (χ0) is 27.3. The minimum atomic E-state index is -4.16. The van der Waals surface area contributed by atoms with E-state index >= 15 is 0 Å². The molecular formula is C28H31F3N6O2S. The predicted molar refractivity (Wildman–Crippen MR) is 145 cm³/mol. The first-order valence-electron chi connectivity index (χ1n) is 14.0. The molecular weight excluding hydrogens is 541 g/mol. The summed E-state index contributed by atoms with van der Waals surface area (Å²) in [6.07, 6.45) is 8.98. The van der Waals surface area contributed by atoms with Crippen molar-refractivity contribution < 1.29 is 22.6 Å². The number of fused-ring (bicyclic) bond motifs is 1. The highest BCUT2D eigenvalue weighted by Crippen LogP contribution is 2.43. The van der Waals surface area contributed by atoms with Crippen molar-refractivity contribution in [3.8, 4) is 21.9 Å². The van der Waals surface area contributed by atoms with Gasteiger partial charge >= 0.3 is 6.18 Å². The van der Waals surface area contributed by atoms with Gasteiger partial charge in [0.15, 0.2) is 5.75 Å². The molecule has 3 fully saturated rings. The summed E-state index contributed by atoms with van der Waals surface area (Å²) in [6, 6.07) is 4.52. The normalized spacial score (nSPS) is 20.0. The number of rotatable bonds is 7. The molecule has 6 heterocycles. The lowest BCUT2D eigenvalue weighted by Crippen LogP contribution is -2.40. The largest absolute Gasteiger partial charge is 0.452 e. The van der Waals surface area contributed by atoms with Crippen molar-refractivity contribution in [2.24, 2.45) is 0 Å². The quantitative estimate of drug-likeness (QED) is 0.249. The highest BCUT2D eigenvalue weighted by Gasteiger charge is 2.33. The van der Waals surface area contributed by atoms with Crippen LogP contribution in [0.25, 0.3) is 20.7 Å².